The van der Waals surface area contributed by atoms with Gasteiger partial charge in [0.2, 0.25) is 0 Å². The Hall–Kier alpha value is -1.88. The highest BCUT2D eigenvalue weighted by Gasteiger charge is 2.09. The molecule has 0 saturated carbocycles. The topological polar surface area (TPSA) is 37.3 Å². The van der Waals surface area contributed by atoms with E-state index in [1.54, 1.807) is 12.4 Å². The van der Waals surface area contributed by atoms with Gasteiger partial charge in [-0.25, -0.2) is 0 Å². The maximum absolute atomic E-state index is 6.29. The van der Waals surface area contributed by atoms with Gasteiger partial charge in [-0.15, -0.1) is 11.3 Å². The first-order valence-electron chi connectivity index (χ1n) is 6.48. The van der Waals surface area contributed by atoms with Crippen molar-refractivity contribution in [1.82, 2.24) is 4.98 Å². The Bertz CT molecular complexity index is 783. The van der Waals surface area contributed by atoms with Crippen LogP contribution in [0.2, 0.25) is 10.0 Å². The Kier molecular flexibility index (Phi) is 4.73. The van der Waals surface area contributed by atoms with Gasteiger partial charge in [-0.05, 0) is 35.9 Å². The summed E-state index contributed by atoms with van der Waals surface area (Å²) in [6, 6.07) is 15.1. The number of nitrogens with zero attached hydrogens (tertiary/aromatic N) is 2. The Morgan fingerprint density at radius 1 is 1.09 bits per heavy atom. The maximum Gasteiger partial charge on any atom is 0.111 e. The molecule has 0 saturated heterocycles. The minimum absolute atomic E-state index is 0.683. The van der Waals surface area contributed by atoms with Crippen molar-refractivity contribution >= 4 is 45.8 Å². The fourth-order valence-electron chi connectivity index (χ4n) is 1.84. The number of anilines is 1. The van der Waals surface area contributed by atoms with Gasteiger partial charge in [0.1, 0.15) is 5.00 Å². The second-order valence-electron chi connectivity index (χ2n) is 4.42. The van der Waals surface area contributed by atoms with Gasteiger partial charge in [0.25, 0.3) is 0 Å². The fraction of sp³-hybridized carbons (Fsp3) is 0. The Morgan fingerprint density at radius 3 is 2.64 bits per heavy atom. The van der Waals surface area contributed by atoms with Gasteiger partial charge in [-0.1, -0.05) is 41.4 Å². The number of benzene rings is 1. The molecule has 110 valence electrons. The van der Waals surface area contributed by atoms with E-state index in [1.165, 1.54) is 11.3 Å². The molecule has 0 radical (unpaired) electrons. The van der Waals surface area contributed by atoms with Crippen LogP contribution in [-0.4, -0.2) is 11.2 Å². The smallest absolute Gasteiger partial charge is 0.111 e. The molecule has 0 bridgehead atoms. The average molecular weight is 348 g/mol. The molecule has 0 spiro atoms. The second kappa shape index (κ2) is 6.92. The molecule has 0 aliphatic rings. The summed E-state index contributed by atoms with van der Waals surface area (Å²) in [7, 11) is 0. The van der Waals surface area contributed by atoms with Crippen molar-refractivity contribution in [2.75, 3.05) is 5.43 Å². The molecule has 0 aliphatic carbocycles. The van der Waals surface area contributed by atoms with Crippen LogP contribution in [0.3, 0.4) is 0 Å². The molecule has 0 unspecified atom stereocenters. The van der Waals surface area contributed by atoms with Gasteiger partial charge in [-0.3, -0.25) is 10.4 Å². The number of pyridine rings is 1. The molecule has 0 aliphatic heterocycles. The number of hydrogen-bond donors (Lipinski definition) is 1. The number of thiophene rings is 1. The average Bonchev–Trinajstić information content (AvgIpc) is 2.90. The lowest BCUT2D eigenvalue weighted by atomic mass is 10.2. The van der Waals surface area contributed by atoms with Crippen molar-refractivity contribution in [3.05, 3.63) is 70.5 Å². The molecule has 0 atom stereocenters. The summed E-state index contributed by atoms with van der Waals surface area (Å²) in [5.74, 6) is 0. The predicted molar refractivity (Wildman–Crippen MR) is 95.2 cm³/mol. The zero-order chi connectivity index (χ0) is 15.4. The van der Waals surface area contributed by atoms with Crippen molar-refractivity contribution in [1.29, 1.82) is 0 Å². The predicted octanol–water partition coefficient (Wildman–Crippen LogP) is 5.56. The van der Waals surface area contributed by atoms with Crippen LogP contribution in [0.4, 0.5) is 5.00 Å². The number of rotatable bonds is 4. The first kappa shape index (κ1) is 15.0. The van der Waals surface area contributed by atoms with Crippen LogP contribution in [0.1, 0.15) is 5.69 Å². The molecule has 22 heavy (non-hydrogen) atoms. The monoisotopic (exact) mass is 347 g/mol. The molecule has 6 heteroatoms. The molecular formula is C16H11Cl2N3S. The number of hydrazone groups is 1. The standard InChI is InChI=1S/C16H11Cl2N3S/c17-12-6-4-11(5-7-12)16-14(18)9-15(22-16)21-20-10-13-3-1-2-8-19-13/h1-10,21H/b20-10-. The summed E-state index contributed by atoms with van der Waals surface area (Å²) < 4.78 is 0. The van der Waals surface area contributed by atoms with Crippen LogP contribution in [-0.2, 0) is 0 Å². The summed E-state index contributed by atoms with van der Waals surface area (Å²) in [4.78, 5) is 5.14. The van der Waals surface area contributed by atoms with Gasteiger partial charge in [0.15, 0.2) is 0 Å². The van der Waals surface area contributed by atoms with Crippen LogP contribution in [0.15, 0.2) is 59.8 Å². The molecule has 3 aromatic rings. The molecule has 1 aromatic carbocycles. The number of hydrogen-bond acceptors (Lipinski definition) is 4. The lowest BCUT2D eigenvalue weighted by Gasteiger charge is -1.98. The summed E-state index contributed by atoms with van der Waals surface area (Å²) in [5.41, 5.74) is 4.79. The van der Waals surface area contributed by atoms with E-state index in [2.05, 4.69) is 15.5 Å². The number of halogens is 2. The van der Waals surface area contributed by atoms with E-state index < -0.39 is 0 Å². The molecule has 3 nitrogen and oxygen atoms in total. The minimum atomic E-state index is 0.683. The lowest BCUT2D eigenvalue weighted by Crippen LogP contribution is -1.89. The zero-order valence-corrected chi connectivity index (χ0v) is 13.7. The van der Waals surface area contributed by atoms with Crippen molar-refractivity contribution < 1.29 is 0 Å². The van der Waals surface area contributed by atoms with Gasteiger partial charge >= 0.3 is 0 Å². The molecule has 0 fully saturated rings. The van der Waals surface area contributed by atoms with Crippen LogP contribution < -0.4 is 5.43 Å². The van der Waals surface area contributed by atoms with Crippen LogP contribution in [0.25, 0.3) is 10.4 Å². The van der Waals surface area contributed by atoms with Crippen LogP contribution >= 0.6 is 34.5 Å². The molecule has 0 amide bonds. The highest BCUT2D eigenvalue weighted by Crippen LogP contribution is 2.39. The molecule has 1 N–H and O–H groups in total. The van der Waals surface area contributed by atoms with E-state index in [4.69, 9.17) is 23.2 Å². The van der Waals surface area contributed by atoms with Crippen molar-refractivity contribution in [2.24, 2.45) is 5.10 Å². The lowest BCUT2D eigenvalue weighted by molar-refractivity contribution is 1.28. The van der Waals surface area contributed by atoms with E-state index in [-0.39, 0.29) is 0 Å². The van der Waals surface area contributed by atoms with Gasteiger partial charge in [0, 0.05) is 11.2 Å². The van der Waals surface area contributed by atoms with Gasteiger partial charge in [0.05, 0.1) is 21.8 Å². The molecule has 3 rings (SSSR count). The summed E-state index contributed by atoms with van der Waals surface area (Å²) >= 11 is 13.7. The van der Waals surface area contributed by atoms with Crippen molar-refractivity contribution in [3.8, 4) is 10.4 Å². The van der Waals surface area contributed by atoms with E-state index in [0.717, 1.165) is 21.1 Å². The normalized spacial score (nSPS) is 11.0. The van der Waals surface area contributed by atoms with Crippen molar-refractivity contribution in [3.63, 3.8) is 0 Å². The van der Waals surface area contributed by atoms with E-state index in [1.807, 2.05) is 48.5 Å². The highest BCUT2D eigenvalue weighted by molar-refractivity contribution is 7.20. The van der Waals surface area contributed by atoms with E-state index >= 15 is 0 Å². The van der Waals surface area contributed by atoms with Crippen molar-refractivity contribution in [2.45, 2.75) is 0 Å². The SMILES string of the molecule is Clc1ccc(-c2sc(N/N=C\c3ccccn3)cc2Cl)cc1. The highest BCUT2D eigenvalue weighted by atomic mass is 35.5. The maximum atomic E-state index is 6.29. The second-order valence-corrected chi connectivity index (χ2v) is 6.32. The van der Waals surface area contributed by atoms with Crippen LogP contribution in [0.5, 0.6) is 0 Å². The third kappa shape index (κ3) is 3.65. The molecule has 2 aromatic heterocycles. The van der Waals surface area contributed by atoms with E-state index in [0.29, 0.717) is 10.0 Å². The third-order valence-electron chi connectivity index (χ3n) is 2.85. The molecule has 2 heterocycles. The summed E-state index contributed by atoms with van der Waals surface area (Å²) in [5, 5.41) is 6.42. The summed E-state index contributed by atoms with van der Waals surface area (Å²) in [6.07, 6.45) is 3.39. The number of aromatic nitrogens is 1. The Balaban J connectivity index is 1.75. The first-order valence-corrected chi connectivity index (χ1v) is 8.05. The minimum Gasteiger partial charge on any atom is -0.268 e. The van der Waals surface area contributed by atoms with Crippen LogP contribution in [0, 0.1) is 0 Å². The number of nitrogens with one attached hydrogen (secondary N) is 1. The first-order chi connectivity index (χ1) is 10.7. The van der Waals surface area contributed by atoms with E-state index in [9.17, 15) is 0 Å². The third-order valence-corrected chi connectivity index (χ3v) is 4.60. The zero-order valence-electron chi connectivity index (χ0n) is 11.3. The fourth-order valence-corrected chi connectivity index (χ4v) is 3.27. The Morgan fingerprint density at radius 2 is 1.91 bits per heavy atom. The Labute approximate surface area is 142 Å². The largest absolute Gasteiger partial charge is 0.268 e. The van der Waals surface area contributed by atoms with Gasteiger partial charge < -0.3 is 0 Å². The quantitative estimate of drug-likeness (QED) is 0.495. The molecular weight excluding hydrogens is 337 g/mol. The van der Waals surface area contributed by atoms with Gasteiger partial charge in [-0.2, -0.15) is 5.10 Å². The summed E-state index contributed by atoms with van der Waals surface area (Å²) in [6.45, 7) is 0.